The zero-order valence-corrected chi connectivity index (χ0v) is 21.2. The number of halogens is 2. The lowest BCUT2D eigenvalue weighted by Gasteiger charge is -2.18. The summed E-state index contributed by atoms with van der Waals surface area (Å²) < 4.78 is 0.952. The number of amides is 2. The summed E-state index contributed by atoms with van der Waals surface area (Å²) in [6.45, 7) is 1.86. The van der Waals surface area contributed by atoms with Crippen molar-refractivity contribution in [3.8, 4) is 6.07 Å². The Hall–Kier alpha value is -3.05. The van der Waals surface area contributed by atoms with Gasteiger partial charge in [0, 0.05) is 20.9 Å². The topological polar surface area (TPSA) is 73.2 Å². The second kappa shape index (κ2) is 10.5. The summed E-state index contributed by atoms with van der Waals surface area (Å²) in [7, 11) is 0. The molecule has 0 bridgehead atoms. The van der Waals surface area contributed by atoms with Crippen LogP contribution >= 0.6 is 39.3 Å². The Kier molecular flexibility index (Phi) is 7.42. The standard InChI is InChI=1S/C26H19BrClN3O2S/c1-16-7-12-19(14-22(16)28)30-24(32)21(15-29)26-31(20-5-3-2-4-6-20)25(33)23(34-26)13-17-8-10-18(27)11-9-17/h2-12,14,23H,13H2,1H3,(H,30,32). The second-order valence-electron chi connectivity index (χ2n) is 7.66. The first-order valence-electron chi connectivity index (χ1n) is 10.4. The Bertz CT molecular complexity index is 1320. The van der Waals surface area contributed by atoms with E-state index in [9.17, 15) is 14.9 Å². The summed E-state index contributed by atoms with van der Waals surface area (Å²) in [6.07, 6.45) is 0.470. The molecule has 1 saturated heterocycles. The Labute approximate surface area is 215 Å². The molecule has 8 heteroatoms. The van der Waals surface area contributed by atoms with Crippen LogP contribution in [0.5, 0.6) is 0 Å². The van der Waals surface area contributed by atoms with Crippen molar-refractivity contribution in [2.24, 2.45) is 0 Å². The van der Waals surface area contributed by atoms with Crippen LogP contribution in [-0.2, 0) is 16.0 Å². The minimum Gasteiger partial charge on any atom is -0.321 e. The van der Waals surface area contributed by atoms with Gasteiger partial charge in [0.05, 0.1) is 5.25 Å². The number of aryl methyl sites for hydroxylation is 1. The molecule has 34 heavy (non-hydrogen) atoms. The van der Waals surface area contributed by atoms with Crippen LogP contribution in [0.2, 0.25) is 5.02 Å². The van der Waals surface area contributed by atoms with Gasteiger partial charge in [0.1, 0.15) is 16.7 Å². The number of thioether (sulfide) groups is 1. The van der Waals surface area contributed by atoms with E-state index in [2.05, 4.69) is 21.2 Å². The molecule has 3 aromatic rings. The van der Waals surface area contributed by atoms with Gasteiger partial charge in [-0.25, -0.2) is 0 Å². The molecule has 1 atom stereocenters. The first-order valence-corrected chi connectivity index (χ1v) is 12.4. The van der Waals surface area contributed by atoms with Gasteiger partial charge in [-0.2, -0.15) is 5.26 Å². The van der Waals surface area contributed by atoms with E-state index in [4.69, 9.17) is 11.6 Å². The minimum atomic E-state index is -0.594. The maximum absolute atomic E-state index is 13.5. The van der Waals surface area contributed by atoms with E-state index >= 15 is 0 Å². The minimum absolute atomic E-state index is 0.128. The van der Waals surface area contributed by atoms with E-state index in [1.807, 2.05) is 55.5 Å². The lowest BCUT2D eigenvalue weighted by atomic mass is 10.1. The van der Waals surface area contributed by atoms with E-state index in [1.165, 1.54) is 16.7 Å². The molecule has 0 aliphatic carbocycles. The molecule has 0 radical (unpaired) electrons. The Morgan fingerprint density at radius 3 is 2.50 bits per heavy atom. The zero-order chi connectivity index (χ0) is 24.2. The average Bonchev–Trinajstić information content (AvgIpc) is 3.14. The molecule has 1 heterocycles. The van der Waals surface area contributed by atoms with Gasteiger partial charge in [-0.05, 0) is 60.9 Å². The van der Waals surface area contributed by atoms with E-state index in [1.54, 1.807) is 30.3 Å². The van der Waals surface area contributed by atoms with Gasteiger partial charge in [-0.3, -0.25) is 14.5 Å². The van der Waals surface area contributed by atoms with Crippen molar-refractivity contribution in [3.05, 3.63) is 104 Å². The van der Waals surface area contributed by atoms with Gasteiger partial charge in [0.15, 0.2) is 0 Å². The van der Waals surface area contributed by atoms with Crippen LogP contribution in [-0.4, -0.2) is 17.1 Å². The van der Waals surface area contributed by atoms with Crippen molar-refractivity contribution in [3.63, 3.8) is 0 Å². The van der Waals surface area contributed by atoms with Crippen LogP contribution in [0.15, 0.2) is 87.9 Å². The third kappa shape index (κ3) is 5.20. The smallest absolute Gasteiger partial charge is 0.269 e. The van der Waals surface area contributed by atoms with Crippen LogP contribution < -0.4 is 10.2 Å². The molecular formula is C26H19BrClN3O2S. The molecule has 1 aliphatic heterocycles. The number of carbonyl (C=O) groups is 2. The SMILES string of the molecule is Cc1ccc(NC(=O)C(C#N)=C2SC(Cc3ccc(Br)cc3)C(=O)N2c2ccccc2)cc1Cl. The molecule has 1 fully saturated rings. The maximum Gasteiger partial charge on any atom is 0.269 e. The molecule has 0 spiro atoms. The summed E-state index contributed by atoms with van der Waals surface area (Å²) in [6, 6.07) is 23.9. The lowest BCUT2D eigenvalue weighted by molar-refractivity contribution is -0.117. The normalized spacial score (nSPS) is 16.8. The highest BCUT2D eigenvalue weighted by Gasteiger charge is 2.40. The van der Waals surface area contributed by atoms with Crippen molar-refractivity contribution < 1.29 is 9.59 Å². The Morgan fingerprint density at radius 2 is 1.85 bits per heavy atom. The van der Waals surface area contributed by atoms with E-state index in [-0.39, 0.29) is 11.5 Å². The van der Waals surface area contributed by atoms with Crippen molar-refractivity contribution in [1.29, 1.82) is 5.26 Å². The third-order valence-corrected chi connectivity index (χ3v) is 7.48. The van der Waals surface area contributed by atoms with Crippen molar-refractivity contribution in [2.45, 2.75) is 18.6 Å². The Balaban J connectivity index is 1.70. The van der Waals surface area contributed by atoms with Crippen molar-refractivity contribution in [2.75, 3.05) is 10.2 Å². The number of hydrogen-bond donors (Lipinski definition) is 1. The highest BCUT2D eigenvalue weighted by atomic mass is 79.9. The van der Waals surface area contributed by atoms with Gasteiger partial charge in [0.2, 0.25) is 5.91 Å². The van der Waals surface area contributed by atoms with Crippen LogP contribution in [0, 0.1) is 18.3 Å². The molecular weight excluding hydrogens is 534 g/mol. The molecule has 2 amide bonds. The van der Waals surface area contributed by atoms with Gasteiger partial charge in [-0.1, -0.05) is 75.7 Å². The zero-order valence-electron chi connectivity index (χ0n) is 18.1. The molecule has 4 rings (SSSR count). The highest BCUT2D eigenvalue weighted by molar-refractivity contribution is 9.10. The van der Waals surface area contributed by atoms with E-state index in [0.717, 1.165) is 15.6 Å². The van der Waals surface area contributed by atoms with Gasteiger partial charge >= 0.3 is 0 Å². The molecule has 3 aromatic carbocycles. The number of hydrogen-bond acceptors (Lipinski definition) is 4. The van der Waals surface area contributed by atoms with Crippen LogP contribution in [0.3, 0.4) is 0 Å². The average molecular weight is 553 g/mol. The number of nitriles is 1. The molecule has 0 saturated carbocycles. The van der Waals surface area contributed by atoms with Crippen molar-refractivity contribution >= 4 is 62.5 Å². The predicted octanol–water partition coefficient (Wildman–Crippen LogP) is 6.48. The monoisotopic (exact) mass is 551 g/mol. The first-order chi connectivity index (χ1) is 16.4. The molecule has 1 N–H and O–H groups in total. The Morgan fingerprint density at radius 1 is 1.15 bits per heavy atom. The molecule has 1 unspecified atom stereocenters. The molecule has 170 valence electrons. The summed E-state index contributed by atoms with van der Waals surface area (Å²) in [4.78, 5) is 28.1. The number of nitrogens with one attached hydrogen (secondary N) is 1. The fourth-order valence-corrected chi connectivity index (χ4v) is 5.25. The quantitative estimate of drug-likeness (QED) is 0.291. The third-order valence-electron chi connectivity index (χ3n) is 5.28. The number of benzene rings is 3. The maximum atomic E-state index is 13.5. The largest absolute Gasteiger partial charge is 0.321 e. The fourth-order valence-electron chi connectivity index (χ4n) is 3.50. The molecule has 5 nitrogen and oxygen atoms in total. The number of carbonyl (C=O) groups excluding carboxylic acids is 2. The number of nitrogens with zero attached hydrogens (tertiary/aromatic N) is 2. The lowest BCUT2D eigenvalue weighted by Crippen LogP contribution is -2.30. The van der Waals surface area contributed by atoms with Crippen LogP contribution in [0.25, 0.3) is 0 Å². The number of rotatable bonds is 5. The highest BCUT2D eigenvalue weighted by Crippen LogP contribution is 2.42. The first kappa shape index (κ1) is 24.1. The summed E-state index contributed by atoms with van der Waals surface area (Å²) in [5, 5.41) is 13.0. The summed E-state index contributed by atoms with van der Waals surface area (Å²) in [5.41, 5.74) is 2.81. The predicted molar refractivity (Wildman–Crippen MR) is 141 cm³/mol. The molecule has 0 aromatic heterocycles. The van der Waals surface area contributed by atoms with Crippen LogP contribution in [0.4, 0.5) is 11.4 Å². The van der Waals surface area contributed by atoms with Gasteiger partial charge < -0.3 is 5.32 Å². The molecule has 1 aliphatic rings. The van der Waals surface area contributed by atoms with Crippen molar-refractivity contribution in [1.82, 2.24) is 0 Å². The van der Waals surface area contributed by atoms with E-state index < -0.39 is 11.2 Å². The fraction of sp³-hybridized carbons (Fsp3) is 0.115. The summed E-state index contributed by atoms with van der Waals surface area (Å²) >= 11 is 10.8. The summed E-state index contributed by atoms with van der Waals surface area (Å²) in [5.74, 6) is -0.768. The van der Waals surface area contributed by atoms with Crippen LogP contribution in [0.1, 0.15) is 11.1 Å². The van der Waals surface area contributed by atoms with E-state index in [0.29, 0.717) is 27.8 Å². The van der Waals surface area contributed by atoms with Gasteiger partial charge in [-0.15, -0.1) is 0 Å². The van der Waals surface area contributed by atoms with Gasteiger partial charge in [0.25, 0.3) is 5.91 Å². The number of anilines is 2. The number of para-hydroxylation sites is 1. The second-order valence-corrected chi connectivity index (χ2v) is 10.2.